The van der Waals surface area contributed by atoms with Crippen molar-refractivity contribution < 1.29 is 4.79 Å². The van der Waals surface area contributed by atoms with E-state index in [9.17, 15) is 4.79 Å². The van der Waals surface area contributed by atoms with E-state index < -0.39 is 6.04 Å². The third-order valence-electron chi connectivity index (χ3n) is 3.31. The molecule has 0 bridgehead atoms. The summed E-state index contributed by atoms with van der Waals surface area (Å²) < 4.78 is 0. The van der Waals surface area contributed by atoms with Crippen LogP contribution >= 0.6 is 0 Å². The smallest absolute Gasteiger partial charge is 0.241 e. The molecule has 0 saturated heterocycles. The summed E-state index contributed by atoms with van der Waals surface area (Å²) in [6.45, 7) is 6.10. The molecule has 1 aromatic rings. The highest BCUT2D eigenvalue weighted by atomic mass is 16.2. The third-order valence-corrected chi connectivity index (χ3v) is 3.31. The summed E-state index contributed by atoms with van der Waals surface area (Å²) in [6, 6.07) is 7.60. The van der Waals surface area contributed by atoms with Gasteiger partial charge in [-0.25, -0.2) is 0 Å². The first-order valence-electron chi connectivity index (χ1n) is 7.20. The lowest BCUT2D eigenvalue weighted by atomic mass is 10.0. The van der Waals surface area contributed by atoms with Crippen molar-refractivity contribution in [3.8, 4) is 0 Å². The zero-order valence-corrected chi connectivity index (χ0v) is 12.3. The van der Waals surface area contributed by atoms with Gasteiger partial charge in [-0.15, -0.1) is 0 Å². The van der Waals surface area contributed by atoms with Crippen molar-refractivity contribution in [3.63, 3.8) is 0 Å². The molecule has 0 fully saturated rings. The lowest BCUT2D eigenvalue weighted by Gasteiger charge is -2.15. The summed E-state index contributed by atoms with van der Waals surface area (Å²) in [6.07, 6.45) is 4.83. The molecule has 0 spiro atoms. The van der Waals surface area contributed by atoms with Gasteiger partial charge in [-0.05, 0) is 36.5 Å². The maximum absolute atomic E-state index is 11.8. The van der Waals surface area contributed by atoms with E-state index in [1.807, 2.05) is 26.0 Å². The number of amides is 1. The van der Waals surface area contributed by atoms with Crippen LogP contribution in [-0.2, 0) is 11.2 Å². The Labute approximate surface area is 116 Å². The molecule has 0 heterocycles. The molecule has 106 valence electrons. The molecule has 0 saturated carbocycles. The second-order valence-electron chi connectivity index (χ2n) is 5.41. The number of carbonyl (C=O) groups excluding carboxylic acids is 1. The molecule has 0 aliphatic heterocycles. The Morgan fingerprint density at radius 2 is 1.84 bits per heavy atom. The van der Waals surface area contributed by atoms with E-state index in [-0.39, 0.29) is 11.8 Å². The van der Waals surface area contributed by atoms with Gasteiger partial charge in [0.1, 0.15) is 0 Å². The molecule has 3 heteroatoms. The first kappa shape index (κ1) is 15.7. The van der Waals surface area contributed by atoms with Gasteiger partial charge in [0.15, 0.2) is 0 Å². The minimum Gasteiger partial charge on any atom is -0.325 e. The number of anilines is 1. The van der Waals surface area contributed by atoms with E-state index in [0.29, 0.717) is 0 Å². The van der Waals surface area contributed by atoms with Gasteiger partial charge in [-0.1, -0.05) is 45.7 Å². The van der Waals surface area contributed by atoms with Crippen LogP contribution in [0.3, 0.4) is 0 Å². The first-order valence-corrected chi connectivity index (χ1v) is 7.20. The lowest BCUT2D eigenvalue weighted by Crippen LogP contribution is -2.39. The predicted octanol–water partition coefficient (Wildman–Crippen LogP) is 3.34. The van der Waals surface area contributed by atoms with Gasteiger partial charge in [-0.3, -0.25) is 4.79 Å². The number of hydrogen-bond donors (Lipinski definition) is 2. The Bertz CT molecular complexity index is 384. The molecule has 3 nitrogen and oxygen atoms in total. The zero-order valence-electron chi connectivity index (χ0n) is 12.3. The van der Waals surface area contributed by atoms with Crippen LogP contribution in [0.15, 0.2) is 24.3 Å². The Morgan fingerprint density at radius 1 is 1.21 bits per heavy atom. The third kappa shape index (κ3) is 5.43. The molecule has 3 N–H and O–H groups in total. The van der Waals surface area contributed by atoms with Crippen molar-refractivity contribution in [2.24, 2.45) is 11.7 Å². The van der Waals surface area contributed by atoms with E-state index in [0.717, 1.165) is 12.1 Å². The fourth-order valence-corrected chi connectivity index (χ4v) is 1.86. The molecule has 0 unspecified atom stereocenters. The number of aryl methyl sites for hydroxylation is 1. The highest BCUT2D eigenvalue weighted by Crippen LogP contribution is 2.13. The fraction of sp³-hybridized carbons (Fsp3) is 0.562. The van der Waals surface area contributed by atoms with Gasteiger partial charge in [-0.2, -0.15) is 0 Å². The zero-order chi connectivity index (χ0) is 14.3. The Morgan fingerprint density at radius 3 is 2.37 bits per heavy atom. The standard InChI is InChI=1S/C16H26N2O/c1-4-5-6-7-13-8-10-14(11-9-13)18-16(19)15(17)12(2)3/h8-12,15H,4-7,17H2,1-3H3,(H,18,19)/t15-/m0/s1. The summed E-state index contributed by atoms with van der Waals surface area (Å²) in [5, 5.41) is 2.85. The number of benzene rings is 1. The monoisotopic (exact) mass is 262 g/mol. The summed E-state index contributed by atoms with van der Waals surface area (Å²) in [5.41, 5.74) is 7.95. The van der Waals surface area contributed by atoms with Crippen LogP contribution in [0, 0.1) is 5.92 Å². The second kappa shape index (κ2) is 7.95. The Kier molecular flexibility index (Phi) is 6.57. The number of carbonyl (C=O) groups is 1. The number of hydrogen-bond acceptors (Lipinski definition) is 2. The summed E-state index contributed by atoms with van der Waals surface area (Å²) >= 11 is 0. The first-order chi connectivity index (χ1) is 9.04. The molecule has 19 heavy (non-hydrogen) atoms. The van der Waals surface area contributed by atoms with Crippen molar-refractivity contribution in [2.45, 2.75) is 52.5 Å². The van der Waals surface area contributed by atoms with Crippen LogP contribution in [0.25, 0.3) is 0 Å². The molecular formula is C16H26N2O. The van der Waals surface area contributed by atoms with Crippen molar-refractivity contribution in [3.05, 3.63) is 29.8 Å². The fourth-order valence-electron chi connectivity index (χ4n) is 1.86. The minimum atomic E-state index is -0.454. The molecular weight excluding hydrogens is 236 g/mol. The van der Waals surface area contributed by atoms with E-state index in [4.69, 9.17) is 5.73 Å². The normalized spacial score (nSPS) is 12.5. The minimum absolute atomic E-state index is 0.117. The molecule has 0 aromatic heterocycles. The second-order valence-corrected chi connectivity index (χ2v) is 5.41. The summed E-state index contributed by atoms with van der Waals surface area (Å²) in [7, 11) is 0. The van der Waals surface area contributed by atoms with E-state index in [1.165, 1.54) is 24.8 Å². The molecule has 1 atom stereocenters. The van der Waals surface area contributed by atoms with Crippen molar-refractivity contribution in [2.75, 3.05) is 5.32 Å². The largest absolute Gasteiger partial charge is 0.325 e. The maximum atomic E-state index is 11.8. The van der Waals surface area contributed by atoms with Gasteiger partial charge >= 0.3 is 0 Å². The van der Waals surface area contributed by atoms with Gasteiger partial charge in [0, 0.05) is 5.69 Å². The quantitative estimate of drug-likeness (QED) is 0.740. The predicted molar refractivity (Wildman–Crippen MR) is 81.1 cm³/mol. The summed E-state index contributed by atoms with van der Waals surface area (Å²) in [5.74, 6) is 0.0297. The Balaban J connectivity index is 2.50. The topological polar surface area (TPSA) is 55.1 Å². The van der Waals surface area contributed by atoms with Gasteiger partial charge in [0.2, 0.25) is 5.91 Å². The number of rotatable bonds is 7. The van der Waals surface area contributed by atoms with Crippen molar-refractivity contribution >= 4 is 11.6 Å². The van der Waals surface area contributed by atoms with E-state index >= 15 is 0 Å². The van der Waals surface area contributed by atoms with Gasteiger partial charge < -0.3 is 11.1 Å². The molecule has 1 amide bonds. The molecule has 1 aromatic carbocycles. The number of unbranched alkanes of at least 4 members (excludes halogenated alkanes) is 2. The van der Waals surface area contributed by atoms with Gasteiger partial charge in [0.05, 0.1) is 6.04 Å². The van der Waals surface area contributed by atoms with E-state index in [1.54, 1.807) is 0 Å². The van der Waals surface area contributed by atoms with Crippen LogP contribution in [-0.4, -0.2) is 11.9 Å². The van der Waals surface area contributed by atoms with E-state index in [2.05, 4.69) is 24.4 Å². The Hall–Kier alpha value is -1.35. The van der Waals surface area contributed by atoms with Crippen LogP contribution in [0.4, 0.5) is 5.69 Å². The SMILES string of the molecule is CCCCCc1ccc(NC(=O)[C@@H](N)C(C)C)cc1. The van der Waals surface area contributed by atoms with Gasteiger partial charge in [0.25, 0.3) is 0 Å². The lowest BCUT2D eigenvalue weighted by molar-refractivity contribution is -0.118. The number of nitrogens with one attached hydrogen (secondary N) is 1. The molecule has 0 aliphatic carbocycles. The van der Waals surface area contributed by atoms with Crippen molar-refractivity contribution in [1.82, 2.24) is 0 Å². The summed E-state index contributed by atoms with van der Waals surface area (Å²) in [4.78, 5) is 11.8. The van der Waals surface area contributed by atoms with Crippen LogP contribution in [0.1, 0.15) is 45.6 Å². The maximum Gasteiger partial charge on any atom is 0.241 e. The highest BCUT2D eigenvalue weighted by Gasteiger charge is 2.16. The average Bonchev–Trinajstić information content (AvgIpc) is 2.40. The molecule has 0 aliphatic rings. The van der Waals surface area contributed by atoms with Crippen LogP contribution in [0.2, 0.25) is 0 Å². The van der Waals surface area contributed by atoms with Crippen LogP contribution in [0.5, 0.6) is 0 Å². The highest BCUT2D eigenvalue weighted by molar-refractivity contribution is 5.94. The number of nitrogens with two attached hydrogens (primary N) is 1. The molecule has 0 radical (unpaired) electrons. The average molecular weight is 262 g/mol. The van der Waals surface area contributed by atoms with Crippen molar-refractivity contribution in [1.29, 1.82) is 0 Å². The van der Waals surface area contributed by atoms with Crippen LogP contribution < -0.4 is 11.1 Å². The molecule has 1 rings (SSSR count).